The van der Waals surface area contributed by atoms with Crippen molar-refractivity contribution in [1.29, 1.82) is 0 Å². The van der Waals surface area contributed by atoms with Crippen molar-refractivity contribution in [3.8, 4) is 23.0 Å². The molecule has 0 aliphatic heterocycles. The molecule has 0 bridgehead atoms. The Kier molecular flexibility index (Phi) is 6.70. The van der Waals surface area contributed by atoms with Crippen molar-refractivity contribution < 1.29 is 28.5 Å². The van der Waals surface area contributed by atoms with E-state index in [1.165, 1.54) is 27.2 Å². The molecule has 3 aromatic rings. The summed E-state index contributed by atoms with van der Waals surface area (Å²) < 4.78 is 21.7. The number of benzene rings is 3. The number of ketones is 1. The van der Waals surface area contributed by atoms with E-state index in [0.717, 1.165) is 5.56 Å². The summed E-state index contributed by atoms with van der Waals surface area (Å²) in [6.07, 6.45) is 0. The lowest BCUT2D eigenvalue weighted by molar-refractivity contribution is 0.0732. The molecule has 0 saturated carbocycles. The molecule has 3 aromatic carbocycles. The molecule has 6 nitrogen and oxygen atoms in total. The van der Waals surface area contributed by atoms with Crippen LogP contribution in [0, 0.1) is 0 Å². The summed E-state index contributed by atoms with van der Waals surface area (Å²) in [7, 11) is 2.91. The van der Waals surface area contributed by atoms with Crippen LogP contribution in [0.2, 0.25) is 0 Å². The number of carbonyl (C=O) groups is 2. The maximum absolute atomic E-state index is 12.6. The Morgan fingerprint density at radius 3 is 2.07 bits per heavy atom. The van der Waals surface area contributed by atoms with Gasteiger partial charge in [-0.25, -0.2) is 4.79 Å². The SMILES string of the molecule is COc1cc(OC)c(C(C)=O)c(OC(=O)c2ccc(OCc3ccccc3)cc2)c1. The van der Waals surface area contributed by atoms with Crippen LogP contribution in [0.1, 0.15) is 33.2 Å². The third-order valence-corrected chi connectivity index (χ3v) is 4.39. The van der Waals surface area contributed by atoms with Crippen LogP contribution in [0.3, 0.4) is 0 Å². The molecule has 0 aliphatic rings. The highest BCUT2D eigenvalue weighted by Gasteiger charge is 2.20. The summed E-state index contributed by atoms with van der Waals surface area (Å²) in [5.74, 6) is 0.485. The number of Topliss-reactive ketones (excluding diaryl/α,β-unsaturated/α-hetero) is 1. The van der Waals surface area contributed by atoms with Gasteiger partial charge < -0.3 is 18.9 Å². The third-order valence-electron chi connectivity index (χ3n) is 4.39. The molecular formula is C24H22O6. The van der Waals surface area contributed by atoms with E-state index in [0.29, 0.717) is 23.7 Å². The van der Waals surface area contributed by atoms with Crippen molar-refractivity contribution in [2.24, 2.45) is 0 Å². The van der Waals surface area contributed by atoms with Gasteiger partial charge in [-0.3, -0.25) is 4.79 Å². The molecule has 0 atom stereocenters. The van der Waals surface area contributed by atoms with E-state index in [-0.39, 0.29) is 22.8 Å². The molecule has 0 saturated heterocycles. The lowest BCUT2D eigenvalue weighted by Crippen LogP contribution is -2.12. The Morgan fingerprint density at radius 1 is 0.800 bits per heavy atom. The Labute approximate surface area is 175 Å². The second-order valence-electron chi connectivity index (χ2n) is 6.45. The second-order valence-corrected chi connectivity index (χ2v) is 6.45. The first-order chi connectivity index (χ1) is 14.5. The zero-order valence-corrected chi connectivity index (χ0v) is 17.0. The number of hydrogen-bond donors (Lipinski definition) is 0. The summed E-state index contributed by atoms with van der Waals surface area (Å²) in [5, 5.41) is 0. The zero-order chi connectivity index (χ0) is 21.5. The zero-order valence-electron chi connectivity index (χ0n) is 17.0. The van der Waals surface area contributed by atoms with E-state index in [1.54, 1.807) is 30.3 Å². The van der Waals surface area contributed by atoms with Crippen LogP contribution in [0.5, 0.6) is 23.0 Å². The monoisotopic (exact) mass is 406 g/mol. The van der Waals surface area contributed by atoms with Crippen LogP contribution in [0.15, 0.2) is 66.7 Å². The van der Waals surface area contributed by atoms with Crippen molar-refractivity contribution in [1.82, 2.24) is 0 Å². The van der Waals surface area contributed by atoms with Crippen LogP contribution in [0.25, 0.3) is 0 Å². The molecule has 0 amide bonds. The van der Waals surface area contributed by atoms with E-state index < -0.39 is 5.97 Å². The molecule has 6 heteroatoms. The van der Waals surface area contributed by atoms with Crippen LogP contribution in [-0.4, -0.2) is 26.0 Å². The molecule has 0 spiro atoms. The van der Waals surface area contributed by atoms with E-state index in [9.17, 15) is 9.59 Å². The molecule has 0 aliphatic carbocycles. The van der Waals surface area contributed by atoms with Gasteiger partial charge in [0.15, 0.2) is 5.78 Å². The predicted molar refractivity (Wildman–Crippen MR) is 112 cm³/mol. The normalized spacial score (nSPS) is 10.2. The largest absolute Gasteiger partial charge is 0.496 e. The number of ether oxygens (including phenoxy) is 4. The van der Waals surface area contributed by atoms with Crippen molar-refractivity contribution >= 4 is 11.8 Å². The van der Waals surface area contributed by atoms with Crippen molar-refractivity contribution in [3.05, 3.63) is 83.4 Å². The van der Waals surface area contributed by atoms with E-state index >= 15 is 0 Å². The van der Waals surface area contributed by atoms with Gasteiger partial charge in [0, 0.05) is 12.1 Å². The van der Waals surface area contributed by atoms with E-state index in [2.05, 4.69) is 0 Å². The maximum Gasteiger partial charge on any atom is 0.343 e. The molecule has 30 heavy (non-hydrogen) atoms. The molecule has 3 rings (SSSR count). The first kappa shape index (κ1) is 20.9. The van der Waals surface area contributed by atoms with Gasteiger partial charge in [-0.1, -0.05) is 30.3 Å². The molecule has 0 N–H and O–H groups in total. The fourth-order valence-corrected chi connectivity index (χ4v) is 2.86. The third kappa shape index (κ3) is 4.97. The lowest BCUT2D eigenvalue weighted by atomic mass is 10.1. The lowest BCUT2D eigenvalue weighted by Gasteiger charge is -2.14. The van der Waals surface area contributed by atoms with Gasteiger partial charge in [-0.2, -0.15) is 0 Å². The van der Waals surface area contributed by atoms with Gasteiger partial charge in [-0.15, -0.1) is 0 Å². The Balaban J connectivity index is 1.75. The average molecular weight is 406 g/mol. The summed E-state index contributed by atoms with van der Waals surface area (Å²) in [4.78, 5) is 24.7. The molecule has 0 heterocycles. The van der Waals surface area contributed by atoms with Gasteiger partial charge in [0.2, 0.25) is 0 Å². The van der Waals surface area contributed by atoms with Crippen molar-refractivity contribution in [2.45, 2.75) is 13.5 Å². The molecule has 0 unspecified atom stereocenters. The minimum atomic E-state index is -0.609. The van der Waals surface area contributed by atoms with Gasteiger partial charge >= 0.3 is 5.97 Å². The van der Waals surface area contributed by atoms with Crippen LogP contribution in [-0.2, 0) is 6.61 Å². The number of esters is 1. The molecular weight excluding hydrogens is 384 g/mol. The minimum Gasteiger partial charge on any atom is -0.496 e. The van der Waals surface area contributed by atoms with E-state index in [1.807, 2.05) is 30.3 Å². The molecule has 0 fully saturated rings. The molecule has 0 aromatic heterocycles. The predicted octanol–water partition coefficient (Wildman–Crippen LogP) is 4.70. The van der Waals surface area contributed by atoms with Gasteiger partial charge in [0.1, 0.15) is 35.2 Å². The second kappa shape index (κ2) is 9.60. The Bertz CT molecular complexity index is 1030. The average Bonchev–Trinajstić information content (AvgIpc) is 2.77. The summed E-state index contributed by atoms with van der Waals surface area (Å²) in [6, 6.07) is 19.4. The quantitative estimate of drug-likeness (QED) is 0.307. The molecule has 154 valence electrons. The number of carbonyl (C=O) groups excluding carboxylic acids is 2. The first-order valence-corrected chi connectivity index (χ1v) is 9.27. The van der Waals surface area contributed by atoms with E-state index in [4.69, 9.17) is 18.9 Å². The van der Waals surface area contributed by atoms with Crippen LogP contribution >= 0.6 is 0 Å². The smallest absolute Gasteiger partial charge is 0.343 e. The summed E-state index contributed by atoms with van der Waals surface area (Å²) in [5.41, 5.74) is 1.54. The van der Waals surface area contributed by atoms with Gasteiger partial charge in [0.25, 0.3) is 0 Å². The highest BCUT2D eigenvalue weighted by atomic mass is 16.5. The maximum atomic E-state index is 12.6. The van der Waals surface area contributed by atoms with Crippen LogP contribution in [0.4, 0.5) is 0 Å². The Hall–Kier alpha value is -3.80. The van der Waals surface area contributed by atoms with Crippen molar-refractivity contribution in [3.63, 3.8) is 0 Å². The fraction of sp³-hybridized carbons (Fsp3) is 0.167. The first-order valence-electron chi connectivity index (χ1n) is 9.27. The topological polar surface area (TPSA) is 71.1 Å². The highest BCUT2D eigenvalue weighted by molar-refractivity contribution is 6.01. The summed E-state index contributed by atoms with van der Waals surface area (Å²) >= 11 is 0. The van der Waals surface area contributed by atoms with Crippen molar-refractivity contribution in [2.75, 3.05) is 14.2 Å². The fourth-order valence-electron chi connectivity index (χ4n) is 2.86. The number of methoxy groups -OCH3 is 2. The summed E-state index contributed by atoms with van der Waals surface area (Å²) in [6.45, 7) is 1.80. The van der Waals surface area contributed by atoms with Gasteiger partial charge in [0.05, 0.1) is 19.8 Å². The number of hydrogen-bond acceptors (Lipinski definition) is 6. The van der Waals surface area contributed by atoms with Gasteiger partial charge in [-0.05, 0) is 36.8 Å². The standard InChI is InChI=1S/C24H22O6/c1-16(25)23-21(28-3)13-20(27-2)14-22(23)30-24(26)18-9-11-19(12-10-18)29-15-17-7-5-4-6-8-17/h4-14H,15H2,1-3H3. The highest BCUT2D eigenvalue weighted by Crippen LogP contribution is 2.35. The number of rotatable bonds is 8. The Morgan fingerprint density at radius 2 is 1.47 bits per heavy atom. The van der Waals surface area contributed by atoms with Crippen LogP contribution < -0.4 is 18.9 Å². The molecule has 0 radical (unpaired) electrons. The minimum absolute atomic E-state index is 0.0769.